The van der Waals surface area contributed by atoms with Gasteiger partial charge < -0.3 is 14.2 Å². The van der Waals surface area contributed by atoms with Gasteiger partial charge in [-0.1, -0.05) is 42.5 Å². The van der Waals surface area contributed by atoms with Crippen LogP contribution in [0.4, 0.5) is 0 Å². The van der Waals surface area contributed by atoms with Gasteiger partial charge >= 0.3 is 0 Å². The molecule has 1 amide bonds. The number of carbonyl (C=O) groups excluding carboxylic acids is 1. The van der Waals surface area contributed by atoms with Crippen LogP contribution in [0.25, 0.3) is 0 Å². The molecule has 2 aliphatic rings. The molecule has 4 nitrogen and oxygen atoms in total. The van der Waals surface area contributed by atoms with Crippen LogP contribution in [0.5, 0.6) is 0 Å². The molecule has 1 fully saturated rings. The van der Waals surface area contributed by atoms with Gasteiger partial charge in [0.05, 0.1) is 6.54 Å². The maximum absolute atomic E-state index is 13.3. The number of nitrogens with zero attached hydrogens (tertiary/aromatic N) is 2. The van der Waals surface area contributed by atoms with Crippen molar-refractivity contribution in [3.63, 3.8) is 0 Å². The summed E-state index contributed by atoms with van der Waals surface area (Å²) in [5.41, 5.74) is 4.49. The molecule has 1 saturated heterocycles. The molecule has 2 aliphatic heterocycles. The van der Waals surface area contributed by atoms with Gasteiger partial charge in [-0.2, -0.15) is 0 Å². The summed E-state index contributed by atoms with van der Waals surface area (Å²) in [5.74, 6) is 4.40. The summed E-state index contributed by atoms with van der Waals surface area (Å²) < 4.78 is 5.91. The van der Waals surface area contributed by atoms with Crippen molar-refractivity contribution in [3.05, 3.63) is 94.4 Å². The van der Waals surface area contributed by atoms with E-state index in [1.165, 1.54) is 17.5 Å². The highest BCUT2D eigenvalue weighted by atomic mass is 32.2. The first-order valence-electron chi connectivity index (χ1n) is 11.5. The van der Waals surface area contributed by atoms with Gasteiger partial charge in [0, 0.05) is 30.6 Å². The van der Waals surface area contributed by atoms with Crippen LogP contribution in [0, 0.1) is 0 Å². The molecule has 3 heterocycles. The zero-order valence-electron chi connectivity index (χ0n) is 19.3. The number of carbonyl (C=O) groups is 1. The van der Waals surface area contributed by atoms with Crippen molar-refractivity contribution in [1.29, 1.82) is 0 Å². The van der Waals surface area contributed by atoms with E-state index in [4.69, 9.17) is 4.42 Å². The van der Waals surface area contributed by atoms with Crippen LogP contribution in [-0.4, -0.2) is 47.9 Å². The Morgan fingerprint density at radius 1 is 1.03 bits per heavy atom. The highest BCUT2D eigenvalue weighted by Gasteiger charge is 2.37. The first kappa shape index (κ1) is 22.6. The molecule has 0 radical (unpaired) electrons. The second-order valence-electron chi connectivity index (χ2n) is 8.99. The van der Waals surface area contributed by atoms with Gasteiger partial charge in [0.2, 0.25) is 0 Å². The van der Waals surface area contributed by atoms with Gasteiger partial charge in [-0.15, -0.1) is 23.5 Å². The third-order valence-corrected chi connectivity index (χ3v) is 9.69. The molecule has 0 bridgehead atoms. The average Bonchev–Trinajstić information content (AvgIpc) is 3.25. The van der Waals surface area contributed by atoms with Crippen LogP contribution in [-0.2, 0) is 23.6 Å². The SMILES string of the molecule is CN(C)Cc1cc2c(o1)CCN(C(=O)c1ccc(C3(c4ccccc4)SCCCS3)cc1)C2. The third-order valence-electron chi connectivity index (χ3n) is 6.24. The summed E-state index contributed by atoms with van der Waals surface area (Å²) in [6, 6.07) is 21.2. The zero-order valence-corrected chi connectivity index (χ0v) is 20.9. The maximum Gasteiger partial charge on any atom is 0.254 e. The maximum atomic E-state index is 13.3. The predicted octanol–water partition coefficient (Wildman–Crippen LogP) is 5.61. The summed E-state index contributed by atoms with van der Waals surface area (Å²) >= 11 is 4.02. The second kappa shape index (κ2) is 9.61. The van der Waals surface area contributed by atoms with Crippen LogP contribution in [0.3, 0.4) is 0 Å². The van der Waals surface area contributed by atoms with E-state index in [-0.39, 0.29) is 9.99 Å². The lowest BCUT2D eigenvalue weighted by atomic mass is 10.0. The van der Waals surface area contributed by atoms with Crippen LogP contribution >= 0.6 is 23.5 Å². The van der Waals surface area contributed by atoms with Crippen molar-refractivity contribution < 1.29 is 9.21 Å². The van der Waals surface area contributed by atoms with Crippen LogP contribution in [0.1, 0.15) is 45.0 Å². The van der Waals surface area contributed by atoms with Crippen LogP contribution in [0.2, 0.25) is 0 Å². The van der Waals surface area contributed by atoms with Crippen molar-refractivity contribution in [3.8, 4) is 0 Å². The Morgan fingerprint density at radius 2 is 1.73 bits per heavy atom. The van der Waals surface area contributed by atoms with E-state index in [9.17, 15) is 4.79 Å². The lowest BCUT2D eigenvalue weighted by molar-refractivity contribution is 0.0729. The van der Waals surface area contributed by atoms with Gasteiger partial charge in [-0.3, -0.25) is 4.79 Å². The number of amides is 1. The fraction of sp³-hybridized carbons (Fsp3) is 0.370. The summed E-state index contributed by atoms with van der Waals surface area (Å²) in [7, 11) is 4.07. The molecule has 0 atom stereocenters. The number of fused-ring (bicyclic) bond motifs is 1. The predicted molar refractivity (Wildman–Crippen MR) is 138 cm³/mol. The molecule has 0 aliphatic carbocycles. The standard InChI is InChI=1S/C27H30N2O2S2/c1-28(2)19-24-17-21-18-29(14-13-25(21)31-24)26(30)20-9-11-23(12-10-20)27(32-15-6-16-33-27)22-7-4-3-5-8-22/h3-5,7-12,17H,6,13-16,18-19H2,1-2H3. The molecule has 0 N–H and O–H groups in total. The molecule has 0 saturated carbocycles. The van der Waals surface area contributed by atoms with Crippen molar-refractivity contribution in [2.24, 2.45) is 0 Å². The van der Waals surface area contributed by atoms with Crippen molar-refractivity contribution in [2.75, 3.05) is 32.1 Å². The minimum absolute atomic E-state index is 0.0965. The van der Waals surface area contributed by atoms with E-state index in [0.717, 1.165) is 47.1 Å². The van der Waals surface area contributed by atoms with Gasteiger partial charge in [0.25, 0.3) is 5.91 Å². The second-order valence-corrected chi connectivity index (χ2v) is 11.9. The summed E-state index contributed by atoms with van der Waals surface area (Å²) in [6.07, 6.45) is 2.01. The Kier molecular flexibility index (Phi) is 6.59. The highest BCUT2D eigenvalue weighted by molar-refractivity contribution is 8.18. The number of hydrogen-bond acceptors (Lipinski definition) is 5. The Labute approximate surface area is 204 Å². The van der Waals surface area contributed by atoms with Crippen LogP contribution < -0.4 is 0 Å². The molecular weight excluding hydrogens is 448 g/mol. The van der Waals surface area contributed by atoms with Crippen molar-refractivity contribution in [2.45, 2.75) is 30.0 Å². The molecular formula is C27H30N2O2S2. The Hall–Kier alpha value is -2.15. The molecule has 1 aromatic heterocycles. The van der Waals surface area contributed by atoms with E-state index in [1.807, 2.05) is 54.7 Å². The quantitative estimate of drug-likeness (QED) is 0.476. The fourth-order valence-electron chi connectivity index (χ4n) is 4.66. The molecule has 172 valence electrons. The Bertz CT molecular complexity index is 1100. The fourth-order valence-corrected chi connectivity index (χ4v) is 8.04. The minimum Gasteiger partial charge on any atom is -0.464 e. The smallest absolute Gasteiger partial charge is 0.254 e. The molecule has 0 spiro atoms. The van der Waals surface area contributed by atoms with E-state index in [0.29, 0.717) is 13.1 Å². The number of furan rings is 1. The van der Waals surface area contributed by atoms with Crippen molar-refractivity contribution in [1.82, 2.24) is 9.80 Å². The number of thioether (sulfide) groups is 2. The van der Waals surface area contributed by atoms with Gasteiger partial charge in [0.15, 0.2) is 0 Å². The largest absolute Gasteiger partial charge is 0.464 e. The van der Waals surface area contributed by atoms with Gasteiger partial charge in [-0.25, -0.2) is 0 Å². The molecule has 5 rings (SSSR count). The van der Waals surface area contributed by atoms with E-state index >= 15 is 0 Å². The van der Waals surface area contributed by atoms with Gasteiger partial charge in [0.1, 0.15) is 15.6 Å². The summed E-state index contributed by atoms with van der Waals surface area (Å²) in [4.78, 5) is 17.4. The average molecular weight is 479 g/mol. The Balaban J connectivity index is 1.35. The monoisotopic (exact) mass is 478 g/mol. The first-order valence-corrected chi connectivity index (χ1v) is 13.5. The third kappa shape index (κ3) is 4.61. The lowest BCUT2D eigenvalue weighted by Crippen LogP contribution is -2.35. The number of rotatable bonds is 5. The topological polar surface area (TPSA) is 36.7 Å². The van der Waals surface area contributed by atoms with Crippen LogP contribution in [0.15, 0.2) is 65.1 Å². The molecule has 0 unspecified atom stereocenters. The normalized spacial score (nSPS) is 17.7. The van der Waals surface area contributed by atoms with Crippen molar-refractivity contribution >= 4 is 29.4 Å². The molecule has 33 heavy (non-hydrogen) atoms. The molecule has 6 heteroatoms. The minimum atomic E-state index is -0.0965. The summed E-state index contributed by atoms with van der Waals surface area (Å²) in [5, 5.41) is 0. The zero-order chi connectivity index (χ0) is 22.8. The van der Waals surface area contributed by atoms with E-state index in [1.54, 1.807) is 0 Å². The first-order chi connectivity index (χ1) is 16.0. The number of benzene rings is 2. The summed E-state index contributed by atoms with van der Waals surface area (Å²) in [6.45, 7) is 2.09. The van der Waals surface area contributed by atoms with Gasteiger partial charge in [-0.05, 0) is 61.3 Å². The lowest BCUT2D eigenvalue weighted by Gasteiger charge is -2.37. The molecule has 3 aromatic rings. The van der Waals surface area contributed by atoms with E-state index in [2.05, 4.69) is 53.4 Å². The number of hydrogen-bond donors (Lipinski definition) is 0. The Morgan fingerprint density at radius 3 is 2.42 bits per heavy atom. The van der Waals surface area contributed by atoms with E-state index < -0.39 is 0 Å². The highest BCUT2D eigenvalue weighted by Crippen LogP contribution is 2.54. The molecule has 2 aromatic carbocycles.